The summed E-state index contributed by atoms with van der Waals surface area (Å²) >= 11 is 0. The molecule has 3 nitrogen and oxygen atoms in total. The summed E-state index contributed by atoms with van der Waals surface area (Å²) < 4.78 is 21.4. The second kappa shape index (κ2) is 2.51. The first-order chi connectivity index (χ1) is 4.49. The Kier molecular flexibility index (Phi) is 2.01. The van der Waals surface area contributed by atoms with E-state index in [1.807, 2.05) is 0 Å². The molecule has 2 N–H and O–H groups in total. The first kappa shape index (κ1) is 8.01. The van der Waals surface area contributed by atoms with E-state index in [2.05, 4.69) is 0 Å². The lowest BCUT2D eigenvalue weighted by molar-refractivity contribution is 0.579. The van der Waals surface area contributed by atoms with Crippen LogP contribution in [0.25, 0.3) is 0 Å². The van der Waals surface area contributed by atoms with E-state index in [0.717, 1.165) is 12.8 Å². The van der Waals surface area contributed by atoms with Crippen LogP contribution in [-0.2, 0) is 9.84 Å². The van der Waals surface area contributed by atoms with Crippen LogP contribution in [0.2, 0.25) is 0 Å². The maximum atomic E-state index is 10.7. The lowest BCUT2D eigenvalue weighted by Gasteiger charge is -2.06. The molecule has 1 aliphatic carbocycles. The zero-order valence-electron chi connectivity index (χ0n) is 6.08. The Balaban J connectivity index is 2.37. The zero-order valence-corrected chi connectivity index (χ0v) is 6.89. The summed E-state index contributed by atoms with van der Waals surface area (Å²) in [5.74, 6) is 0.632. The molecule has 4 heteroatoms. The second-order valence-corrected chi connectivity index (χ2v) is 5.28. The van der Waals surface area contributed by atoms with Crippen molar-refractivity contribution in [2.75, 3.05) is 12.0 Å². The van der Waals surface area contributed by atoms with Gasteiger partial charge >= 0.3 is 0 Å². The van der Waals surface area contributed by atoms with Crippen LogP contribution in [0.1, 0.15) is 12.8 Å². The minimum atomic E-state index is -2.85. The Morgan fingerprint density at radius 1 is 1.60 bits per heavy atom. The van der Waals surface area contributed by atoms with Crippen LogP contribution >= 0.6 is 0 Å². The molecule has 60 valence electrons. The SMILES string of the molecule is CS(=O)(=O)CC(N)C1CC1. The molecule has 1 rings (SSSR count). The molecule has 1 saturated carbocycles. The topological polar surface area (TPSA) is 60.2 Å². The molecular weight excluding hydrogens is 150 g/mol. The minimum absolute atomic E-state index is 0.116. The predicted molar refractivity (Wildman–Crippen MR) is 40.4 cm³/mol. The number of hydrogen-bond acceptors (Lipinski definition) is 3. The lowest BCUT2D eigenvalue weighted by Crippen LogP contribution is -2.30. The van der Waals surface area contributed by atoms with E-state index in [1.165, 1.54) is 6.26 Å². The Labute approximate surface area is 61.5 Å². The molecule has 0 radical (unpaired) electrons. The van der Waals surface area contributed by atoms with Gasteiger partial charge in [-0.15, -0.1) is 0 Å². The van der Waals surface area contributed by atoms with Gasteiger partial charge in [0.1, 0.15) is 9.84 Å². The summed E-state index contributed by atoms with van der Waals surface area (Å²) in [6.45, 7) is 0. The normalized spacial score (nSPS) is 22.6. The highest BCUT2D eigenvalue weighted by Crippen LogP contribution is 2.31. The van der Waals surface area contributed by atoms with Crippen molar-refractivity contribution >= 4 is 9.84 Å². The molecule has 1 aliphatic rings. The molecule has 0 bridgehead atoms. The predicted octanol–water partition coefficient (Wildman–Crippen LogP) is -0.232. The Hall–Kier alpha value is -0.0900. The van der Waals surface area contributed by atoms with Crippen molar-refractivity contribution in [3.05, 3.63) is 0 Å². The maximum Gasteiger partial charge on any atom is 0.148 e. The van der Waals surface area contributed by atoms with E-state index in [-0.39, 0.29) is 11.8 Å². The summed E-state index contributed by atoms with van der Waals surface area (Å²) in [5, 5.41) is 0. The minimum Gasteiger partial charge on any atom is -0.327 e. The molecule has 1 atom stereocenters. The van der Waals surface area contributed by atoms with Crippen LogP contribution < -0.4 is 5.73 Å². The van der Waals surface area contributed by atoms with Crippen LogP contribution in [0.5, 0.6) is 0 Å². The van der Waals surface area contributed by atoms with Crippen LogP contribution in [0.3, 0.4) is 0 Å². The average Bonchev–Trinajstić information content (AvgIpc) is 2.35. The van der Waals surface area contributed by atoms with Gasteiger partial charge in [-0.05, 0) is 18.8 Å². The Bertz CT molecular complexity index is 206. The van der Waals surface area contributed by atoms with Crippen molar-refractivity contribution in [3.8, 4) is 0 Å². The number of rotatable bonds is 3. The first-order valence-corrected chi connectivity index (χ1v) is 5.48. The third-order valence-electron chi connectivity index (χ3n) is 1.72. The summed E-state index contributed by atoms with van der Waals surface area (Å²) in [7, 11) is -2.85. The van der Waals surface area contributed by atoms with Gasteiger partial charge in [-0.3, -0.25) is 0 Å². The zero-order chi connectivity index (χ0) is 7.78. The van der Waals surface area contributed by atoms with Crippen molar-refractivity contribution < 1.29 is 8.42 Å². The molecule has 10 heavy (non-hydrogen) atoms. The molecule has 1 unspecified atom stereocenters. The molecular formula is C6H13NO2S. The maximum absolute atomic E-state index is 10.7. The van der Waals surface area contributed by atoms with Gasteiger partial charge < -0.3 is 5.73 Å². The molecule has 0 aromatic carbocycles. The van der Waals surface area contributed by atoms with Crippen LogP contribution in [-0.4, -0.2) is 26.5 Å². The van der Waals surface area contributed by atoms with Gasteiger partial charge in [0, 0.05) is 12.3 Å². The standard InChI is InChI=1S/C6H13NO2S/c1-10(8,9)4-6(7)5-2-3-5/h5-6H,2-4,7H2,1H3. The molecule has 0 saturated heterocycles. The number of sulfone groups is 1. The fourth-order valence-corrected chi connectivity index (χ4v) is 1.98. The highest BCUT2D eigenvalue weighted by molar-refractivity contribution is 7.90. The molecule has 0 spiro atoms. The largest absolute Gasteiger partial charge is 0.327 e. The Morgan fingerprint density at radius 2 is 2.10 bits per heavy atom. The lowest BCUT2D eigenvalue weighted by atomic mass is 10.2. The average molecular weight is 163 g/mol. The van der Waals surface area contributed by atoms with Crippen molar-refractivity contribution in [1.82, 2.24) is 0 Å². The van der Waals surface area contributed by atoms with Crippen molar-refractivity contribution in [2.24, 2.45) is 11.7 Å². The third kappa shape index (κ3) is 2.66. The van der Waals surface area contributed by atoms with Crippen molar-refractivity contribution in [3.63, 3.8) is 0 Å². The quantitative estimate of drug-likeness (QED) is 0.625. The molecule has 0 aliphatic heterocycles. The van der Waals surface area contributed by atoms with Gasteiger partial charge in [0.2, 0.25) is 0 Å². The monoisotopic (exact) mass is 163 g/mol. The van der Waals surface area contributed by atoms with Crippen molar-refractivity contribution in [2.45, 2.75) is 18.9 Å². The summed E-state index contributed by atoms with van der Waals surface area (Å²) in [4.78, 5) is 0. The summed E-state index contributed by atoms with van der Waals surface area (Å²) in [6, 6.07) is -0.116. The van der Waals surface area contributed by atoms with Gasteiger partial charge in [0.25, 0.3) is 0 Å². The van der Waals surface area contributed by atoms with Gasteiger partial charge in [0.05, 0.1) is 5.75 Å². The molecule has 0 aromatic rings. The van der Waals surface area contributed by atoms with E-state index in [0.29, 0.717) is 5.92 Å². The highest BCUT2D eigenvalue weighted by Gasteiger charge is 2.30. The fraction of sp³-hybridized carbons (Fsp3) is 1.00. The van der Waals surface area contributed by atoms with Gasteiger partial charge in [-0.2, -0.15) is 0 Å². The second-order valence-electron chi connectivity index (χ2n) is 3.09. The van der Waals surface area contributed by atoms with E-state index in [1.54, 1.807) is 0 Å². The smallest absolute Gasteiger partial charge is 0.148 e. The first-order valence-electron chi connectivity index (χ1n) is 3.42. The summed E-state index contributed by atoms with van der Waals surface area (Å²) in [6.07, 6.45) is 3.45. The highest BCUT2D eigenvalue weighted by atomic mass is 32.2. The van der Waals surface area contributed by atoms with E-state index in [4.69, 9.17) is 5.73 Å². The van der Waals surface area contributed by atoms with E-state index < -0.39 is 9.84 Å². The number of nitrogens with two attached hydrogens (primary N) is 1. The molecule has 1 fully saturated rings. The van der Waals surface area contributed by atoms with Gasteiger partial charge in [0.15, 0.2) is 0 Å². The molecule has 0 heterocycles. The van der Waals surface area contributed by atoms with Gasteiger partial charge in [-0.25, -0.2) is 8.42 Å². The molecule has 0 amide bonds. The van der Waals surface area contributed by atoms with E-state index in [9.17, 15) is 8.42 Å². The summed E-state index contributed by atoms with van der Waals surface area (Å²) in [5.41, 5.74) is 5.59. The third-order valence-corrected chi connectivity index (χ3v) is 2.71. The molecule has 0 aromatic heterocycles. The van der Waals surface area contributed by atoms with Crippen LogP contribution in [0.4, 0.5) is 0 Å². The van der Waals surface area contributed by atoms with Crippen molar-refractivity contribution in [1.29, 1.82) is 0 Å². The van der Waals surface area contributed by atoms with Gasteiger partial charge in [-0.1, -0.05) is 0 Å². The van der Waals surface area contributed by atoms with E-state index >= 15 is 0 Å². The van der Waals surface area contributed by atoms with Crippen LogP contribution in [0, 0.1) is 5.92 Å². The fourth-order valence-electron chi connectivity index (χ4n) is 1.01. The Morgan fingerprint density at radius 3 is 2.40 bits per heavy atom. The van der Waals surface area contributed by atoms with Crippen LogP contribution in [0.15, 0.2) is 0 Å². The number of hydrogen-bond donors (Lipinski definition) is 1.